The van der Waals surface area contributed by atoms with Crippen LogP contribution in [0.4, 0.5) is 0 Å². The summed E-state index contributed by atoms with van der Waals surface area (Å²) in [6.45, 7) is 2.76. The summed E-state index contributed by atoms with van der Waals surface area (Å²) in [6, 6.07) is -0.917. The van der Waals surface area contributed by atoms with Gasteiger partial charge in [-0.3, -0.25) is 4.79 Å². The number of aliphatic hydroxyl groups is 8. The van der Waals surface area contributed by atoms with Gasteiger partial charge in [-0.1, -0.05) is 396 Å². The lowest BCUT2D eigenvalue weighted by Crippen LogP contribution is -2.65. The van der Waals surface area contributed by atoms with E-state index in [2.05, 4.69) is 67.8 Å². The lowest BCUT2D eigenvalue weighted by Gasteiger charge is -2.46. The average molecular weight is 1440 g/mol. The molecule has 0 radical (unpaired) electrons. The molecule has 0 aromatic heterocycles. The van der Waals surface area contributed by atoms with E-state index in [4.69, 9.17) is 18.9 Å². The van der Waals surface area contributed by atoms with Crippen LogP contribution in [0, 0.1) is 0 Å². The summed E-state index contributed by atoms with van der Waals surface area (Å²) in [4.78, 5) is 13.4. The molecule has 0 saturated carbocycles. The van der Waals surface area contributed by atoms with Crippen LogP contribution in [0.15, 0.2) is 60.8 Å². The van der Waals surface area contributed by atoms with Crippen LogP contribution < -0.4 is 5.32 Å². The highest BCUT2D eigenvalue weighted by molar-refractivity contribution is 5.76. The van der Waals surface area contributed by atoms with Gasteiger partial charge in [-0.15, -0.1) is 0 Å². The first-order valence-corrected chi connectivity index (χ1v) is 43.5. The Kier molecular flexibility index (Phi) is 67.2. The van der Waals surface area contributed by atoms with E-state index in [1.54, 1.807) is 6.08 Å². The van der Waals surface area contributed by atoms with E-state index in [0.717, 1.165) is 64.2 Å². The second-order valence-corrected chi connectivity index (χ2v) is 30.6. The van der Waals surface area contributed by atoms with Crippen molar-refractivity contribution in [2.45, 2.75) is 473 Å². The molecular formula is C88H163NO13. The highest BCUT2D eigenvalue weighted by Gasteiger charge is 2.51. The highest BCUT2D eigenvalue weighted by Crippen LogP contribution is 2.31. The van der Waals surface area contributed by atoms with Crippen LogP contribution in [0.1, 0.15) is 399 Å². The number of hydrogen-bond donors (Lipinski definition) is 9. The molecule has 0 aromatic carbocycles. The summed E-state index contributed by atoms with van der Waals surface area (Å²) in [5.74, 6) is -0.232. The maximum atomic E-state index is 13.4. The van der Waals surface area contributed by atoms with Crippen molar-refractivity contribution in [1.29, 1.82) is 0 Å². The van der Waals surface area contributed by atoms with Gasteiger partial charge in [0.15, 0.2) is 12.6 Å². The second kappa shape index (κ2) is 71.6. The second-order valence-electron chi connectivity index (χ2n) is 30.6. The third-order valence-corrected chi connectivity index (χ3v) is 21.2. The van der Waals surface area contributed by atoms with Crippen LogP contribution in [0.2, 0.25) is 0 Å². The van der Waals surface area contributed by atoms with Crippen LogP contribution in [0.5, 0.6) is 0 Å². The summed E-state index contributed by atoms with van der Waals surface area (Å²) in [5, 5.41) is 87.8. The number of carbonyl (C=O) groups is 1. The van der Waals surface area contributed by atoms with E-state index < -0.39 is 86.8 Å². The molecule has 0 aromatic rings. The van der Waals surface area contributed by atoms with Gasteiger partial charge in [0.05, 0.1) is 32.0 Å². The predicted molar refractivity (Wildman–Crippen MR) is 424 cm³/mol. The van der Waals surface area contributed by atoms with Crippen molar-refractivity contribution in [2.24, 2.45) is 0 Å². The minimum Gasteiger partial charge on any atom is -0.394 e. The van der Waals surface area contributed by atoms with E-state index in [1.165, 1.54) is 308 Å². The van der Waals surface area contributed by atoms with Crippen molar-refractivity contribution in [3.63, 3.8) is 0 Å². The Bertz CT molecular complexity index is 1950. The van der Waals surface area contributed by atoms with Crippen molar-refractivity contribution in [1.82, 2.24) is 5.32 Å². The zero-order valence-corrected chi connectivity index (χ0v) is 65.9. The van der Waals surface area contributed by atoms with E-state index >= 15 is 0 Å². The van der Waals surface area contributed by atoms with Gasteiger partial charge in [0.2, 0.25) is 5.91 Å². The number of aliphatic hydroxyl groups excluding tert-OH is 8. The van der Waals surface area contributed by atoms with Crippen LogP contribution in [-0.2, 0) is 23.7 Å². The fraction of sp³-hybridized carbons (Fsp3) is 0.875. The molecule has 14 heteroatoms. The Hall–Kier alpha value is -2.31. The van der Waals surface area contributed by atoms with Gasteiger partial charge in [-0.25, -0.2) is 0 Å². The van der Waals surface area contributed by atoms with Gasteiger partial charge in [-0.05, 0) is 57.8 Å². The largest absolute Gasteiger partial charge is 0.394 e. The first-order chi connectivity index (χ1) is 50.1. The maximum absolute atomic E-state index is 13.4. The Morgan fingerprint density at radius 3 is 1.04 bits per heavy atom. The molecule has 2 fully saturated rings. The molecule has 2 aliphatic rings. The number of allylic oxidation sites excluding steroid dienone is 9. The molecule has 1 amide bonds. The minimum absolute atomic E-state index is 0.232. The SMILES string of the molecule is CC/C=C\C/C=C\C/C=C\C/C=C\CCCCCCCCCCCCCCCCCCCCCCCCC(=O)NC(COC1OC(CO)C(OC2OC(CO)C(O)C(O)C2O)C(O)C1O)C(O)/C=C/CCCCCCCCCCCCCCCCCCCCCCCCCCCCCCCCC. The third kappa shape index (κ3) is 53.5. The monoisotopic (exact) mass is 1440 g/mol. The minimum atomic E-state index is -1.79. The van der Waals surface area contributed by atoms with E-state index in [9.17, 15) is 45.6 Å². The average Bonchev–Trinajstić information content (AvgIpc) is 0.790. The van der Waals surface area contributed by atoms with Crippen molar-refractivity contribution < 1.29 is 64.6 Å². The fourth-order valence-electron chi connectivity index (χ4n) is 14.4. The van der Waals surface area contributed by atoms with Crippen molar-refractivity contribution in [2.75, 3.05) is 19.8 Å². The predicted octanol–water partition coefficient (Wildman–Crippen LogP) is 20.7. The molecule has 102 heavy (non-hydrogen) atoms. The molecule has 2 saturated heterocycles. The summed E-state index contributed by atoms with van der Waals surface area (Å²) in [5.41, 5.74) is 0. The Balaban J connectivity index is 1.58. The molecule has 2 aliphatic heterocycles. The van der Waals surface area contributed by atoms with Crippen molar-refractivity contribution >= 4 is 5.91 Å². The first-order valence-electron chi connectivity index (χ1n) is 43.5. The number of nitrogens with one attached hydrogen (secondary N) is 1. The van der Waals surface area contributed by atoms with Gasteiger partial charge >= 0.3 is 0 Å². The van der Waals surface area contributed by atoms with Crippen LogP contribution in [0.3, 0.4) is 0 Å². The number of carbonyl (C=O) groups excluding carboxylic acids is 1. The molecule has 598 valence electrons. The number of ether oxygens (including phenoxy) is 4. The van der Waals surface area contributed by atoms with Gasteiger partial charge in [0, 0.05) is 6.42 Å². The first kappa shape index (κ1) is 95.8. The Morgan fingerprint density at radius 2 is 0.676 bits per heavy atom. The van der Waals surface area contributed by atoms with Crippen molar-refractivity contribution in [3.05, 3.63) is 60.8 Å². The molecule has 9 N–H and O–H groups in total. The smallest absolute Gasteiger partial charge is 0.220 e. The Morgan fingerprint density at radius 1 is 0.363 bits per heavy atom. The summed E-state index contributed by atoms with van der Waals surface area (Å²) in [6.07, 6.45) is 81.8. The summed E-state index contributed by atoms with van der Waals surface area (Å²) < 4.78 is 23.0. The van der Waals surface area contributed by atoms with Gasteiger partial charge in [0.1, 0.15) is 48.8 Å². The zero-order valence-electron chi connectivity index (χ0n) is 65.9. The normalized spacial score (nSPS) is 21.9. The number of hydrogen-bond acceptors (Lipinski definition) is 13. The van der Waals surface area contributed by atoms with Gasteiger partial charge in [-0.2, -0.15) is 0 Å². The molecule has 0 spiro atoms. The van der Waals surface area contributed by atoms with Crippen LogP contribution >= 0.6 is 0 Å². The lowest BCUT2D eigenvalue weighted by molar-refractivity contribution is -0.359. The highest BCUT2D eigenvalue weighted by atomic mass is 16.7. The van der Waals surface area contributed by atoms with E-state index in [-0.39, 0.29) is 18.9 Å². The van der Waals surface area contributed by atoms with Gasteiger partial charge < -0.3 is 65.1 Å². The molecular weight excluding hydrogens is 1280 g/mol. The molecule has 14 nitrogen and oxygen atoms in total. The summed E-state index contributed by atoms with van der Waals surface area (Å²) in [7, 11) is 0. The molecule has 0 bridgehead atoms. The fourth-order valence-corrected chi connectivity index (χ4v) is 14.4. The van der Waals surface area contributed by atoms with Gasteiger partial charge in [0.25, 0.3) is 0 Å². The Labute approximate surface area is 626 Å². The molecule has 2 rings (SSSR count). The molecule has 2 heterocycles. The molecule has 0 aliphatic carbocycles. The quantitative estimate of drug-likeness (QED) is 0.0204. The number of unbranched alkanes of at least 4 members (excludes halogenated alkanes) is 53. The van der Waals surface area contributed by atoms with Crippen LogP contribution in [-0.4, -0.2) is 140 Å². The lowest BCUT2D eigenvalue weighted by atomic mass is 9.97. The van der Waals surface area contributed by atoms with Crippen molar-refractivity contribution in [3.8, 4) is 0 Å². The number of rotatable bonds is 74. The zero-order chi connectivity index (χ0) is 73.7. The summed E-state index contributed by atoms with van der Waals surface area (Å²) >= 11 is 0. The maximum Gasteiger partial charge on any atom is 0.220 e. The third-order valence-electron chi connectivity index (χ3n) is 21.2. The molecule has 12 atom stereocenters. The standard InChI is InChI=1S/C88H163NO13/c1-3-5-7-9-11-13-15-17-19-21-23-25-27-29-31-33-35-37-38-40-42-44-46-48-50-52-54-56-58-60-62-64-66-68-70-72-80(93)89-76(75-99-87-85(98)83(96)86(79(74-91)101-87)102-88-84(97)82(95)81(94)78(73-90)100-88)77(92)71-69-67-65-63-61-59-57-55-53-51-49-47-45-43-41-39-36-34-32-30-28-26-24-22-20-18-16-14-12-10-8-6-4-2/h5,7,11,13,17,19,23,25,69,71,76-79,81-88,90-92,94-98H,3-4,6,8-10,12,14-16,18,20-22,24,26-68,70,72-75H2,1-2H3,(H,89,93)/b7-5-,13-11-,19-17-,25-23-,71-69+. The van der Waals surface area contributed by atoms with E-state index in [1.807, 2.05) is 6.08 Å². The van der Waals surface area contributed by atoms with E-state index in [0.29, 0.717) is 6.42 Å². The number of amides is 1. The van der Waals surface area contributed by atoms with Crippen LogP contribution in [0.25, 0.3) is 0 Å². The topological polar surface area (TPSA) is 228 Å². The molecule has 12 unspecified atom stereocenters.